The third kappa shape index (κ3) is 2.64. The summed E-state index contributed by atoms with van der Waals surface area (Å²) >= 11 is 0. The number of rotatable bonds is 2. The number of aromatic hydroxyl groups is 1. The lowest BCUT2D eigenvalue weighted by atomic mass is 10.1. The van der Waals surface area contributed by atoms with Crippen LogP contribution in [0.2, 0.25) is 0 Å². The topological polar surface area (TPSA) is 78.6 Å². The Balaban J connectivity index is 2.00. The van der Waals surface area contributed by atoms with Gasteiger partial charge in [0, 0.05) is 19.3 Å². The van der Waals surface area contributed by atoms with Gasteiger partial charge < -0.3 is 15.1 Å². The summed E-state index contributed by atoms with van der Waals surface area (Å²) in [6.07, 6.45) is 2.42. The molecule has 0 spiro atoms. The van der Waals surface area contributed by atoms with Crippen LogP contribution in [0.15, 0.2) is 53.5 Å². The molecule has 4 rings (SSSR count). The van der Waals surface area contributed by atoms with E-state index in [4.69, 9.17) is 0 Å². The van der Waals surface area contributed by atoms with Crippen molar-refractivity contribution in [1.82, 2.24) is 9.55 Å². The third-order valence-corrected chi connectivity index (χ3v) is 4.68. The Morgan fingerprint density at radius 3 is 2.48 bits per heavy atom. The van der Waals surface area contributed by atoms with E-state index in [9.17, 15) is 15.0 Å². The van der Waals surface area contributed by atoms with Crippen LogP contribution in [0.4, 0.5) is 5.69 Å². The van der Waals surface area contributed by atoms with Gasteiger partial charge in [0.15, 0.2) is 11.4 Å². The van der Waals surface area contributed by atoms with Gasteiger partial charge in [-0.25, -0.2) is 4.98 Å². The van der Waals surface area contributed by atoms with Crippen molar-refractivity contribution < 1.29 is 10.2 Å². The predicted octanol–water partition coefficient (Wildman–Crippen LogP) is 2.05. The highest BCUT2D eigenvalue weighted by molar-refractivity contribution is 5.89. The number of para-hydroxylation sites is 1. The Bertz CT molecular complexity index is 961. The standard InChI is InChI=1S/C19H19N3O3/c23-14-8-11-21(12-9-14)16-17(24)15-7-4-10-20-18(15)22(19(16)25)13-5-2-1-3-6-13/h1-7,10,14,23-24H,8-9,11-12H2. The fourth-order valence-corrected chi connectivity index (χ4v) is 3.38. The highest BCUT2D eigenvalue weighted by Gasteiger charge is 2.26. The smallest absolute Gasteiger partial charge is 0.284 e. The number of fused-ring (bicyclic) bond motifs is 1. The number of aliphatic hydroxyl groups excluding tert-OH is 1. The van der Waals surface area contributed by atoms with E-state index in [1.807, 2.05) is 35.2 Å². The highest BCUT2D eigenvalue weighted by atomic mass is 16.3. The van der Waals surface area contributed by atoms with E-state index in [0.717, 1.165) is 0 Å². The van der Waals surface area contributed by atoms with Crippen LogP contribution in [0.1, 0.15) is 12.8 Å². The zero-order valence-corrected chi connectivity index (χ0v) is 13.7. The lowest BCUT2D eigenvalue weighted by Gasteiger charge is -2.31. The minimum atomic E-state index is -0.350. The molecule has 0 amide bonds. The SMILES string of the molecule is O=c1c(N2CCC(O)CC2)c(O)c2cccnc2n1-c1ccccc1. The van der Waals surface area contributed by atoms with Crippen molar-refractivity contribution in [3.05, 3.63) is 59.0 Å². The zero-order chi connectivity index (χ0) is 17.4. The fourth-order valence-electron chi connectivity index (χ4n) is 3.38. The fraction of sp³-hybridized carbons (Fsp3) is 0.263. The first-order chi connectivity index (χ1) is 12.2. The van der Waals surface area contributed by atoms with Crippen LogP contribution in [0.5, 0.6) is 5.75 Å². The summed E-state index contributed by atoms with van der Waals surface area (Å²) in [6, 6.07) is 12.8. The van der Waals surface area contributed by atoms with Crippen molar-refractivity contribution in [2.24, 2.45) is 0 Å². The van der Waals surface area contributed by atoms with Crippen molar-refractivity contribution in [1.29, 1.82) is 0 Å². The molecule has 25 heavy (non-hydrogen) atoms. The van der Waals surface area contributed by atoms with Gasteiger partial charge in [-0.15, -0.1) is 0 Å². The van der Waals surface area contributed by atoms with Crippen molar-refractivity contribution in [2.75, 3.05) is 18.0 Å². The summed E-state index contributed by atoms with van der Waals surface area (Å²) in [4.78, 5) is 19.4. The molecule has 128 valence electrons. The Morgan fingerprint density at radius 2 is 1.76 bits per heavy atom. The largest absolute Gasteiger partial charge is 0.505 e. The van der Waals surface area contributed by atoms with Gasteiger partial charge >= 0.3 is 0 Å². The van der Waals surface area contributed by atoms with E-state index in [-0.39, 0.29) is 23.1 Å². The van der Waals surface area contributed by atoms with E-state index < -0.39 is 0 Å². The lowest BCUT2D eigenvalue weighted by molar-refractivity contribution is 0.145. The first-order valence-corrected chi connectivity index (χ1v) is 8.38. The van der Waals surface area contributed by atoms with Gasteiger partial charge in [0.1, 0.15) is 5.69 Å². The number of nitrogens with zero attached hydrogens (tertiary/aromatic N) is 3. The molecular formula is C19H19N3O3. The monoisotopic (exact) mass is 337 g/mol. The second kappa shape index (κ2) is 6.22. The molecule has 0 bridgehead atoms. The van der Waals surface area contributed by atoms with E-state index >= 15 is 0 Å². The van der Waals surface area contributed by atoms with Crippen molar-refractivity contribution >= 4 is 16.7 Å². The molecule has 1 saturated heterocycles. The molecule has 1 aliphatic heterocycles. The van der Waals surface area contributed by atoms with Crippen molar-refractivity contribution in [2.45, 2.75) is 18.9 Å². The maximum absolute atomic E-state index is 13.2. The van der Waals surface area contributed by atoms with Crippen LogP contribution >= 0.6 is 0 Å². The minimum Gasteiger partial charge on any atom is -0.505 e. The van der Waals surface area contributed by atoms with E-state index in [2.05, 4.69) is 4.98 Å². The van der Waals surface area contributed by atoms with Crippen LogP contribution in [-0.4, -0.2) is 39.0 Å². The van der Waals surface area contributed by atoms with E-state index in [1.54, 1.807) is 18.3 Å². The number of piperidine rings is 1. The number of aliphatic hydroxyl groups is 1. The molecule has 0 saturated carbocycles. The third-order valence-electron chi connectivity index (χ3n) is 4.68. The molecular weight excluding hydrogens is 318 g/mol. The second-order valence-electron chi connectivity index (χ2n) is 6.27. The Morgan fingerprint density at radius 1 is 1.04 bits per heavy atom. The molecule has 2 aromatic heterocycles. The summed E-state index contributed by atoms with van der Waals surface area (Å²) in [5.41, 5.74) is 1.11. The van der Waals surface area contributed by atoms with Crippen molar-refractivity contribution in [3.8, 4) is 11.4 Å². The molecule has 0 radical (unpaired) electrons. The first kappa shape index (κ1) is 15.7. The number of benzene rings is 1. The van der Waals surface area contributed by atoms with Crippen LogP contribution < -0.4 is 10.5 Å². The maximum atomic E-state index is 13.2. The summed E-state index contributed by atoms with van der Waals surface area (Å²) in [5.74, 6) is -0.0447. The molecule has 1 fully saturated rings. The maximum Gasteiger partial charge on any atom is 0.284 e. The predicted molar refractivity (Wildman–Crippen MR) is 96.5 cm³/mol. The van der Waals surface area contributed by atoms with Gasteiger partial charge in [0.05, 0.1) is 17.2 Å². The molecule has 0 aliphatic carbocycles. The summed E-state index contributed by atoms with van der Waals surface area (Å²) in [5, 5.41) is 21.0. The number of pyridine rings is 2. The molecule has 0 atom stereocenters. The summed E-state index contributed by atoms with van der Waals surface area (Å²) in [7, 11) is 0. The first-order valence-electron chi connectivity index (χ1n) is 8.38. The minimum absolute atomic E-state index is 0.0447. The number of anilines is 1. The van der Waals surface area contributed by atoms with Crippen LogP contribution in [-0.2, 0) is 0 Å². The quantitative estimate of drug-likeness (QED) is 0.748. The number of aromatic nitrogens is 2. The lowest BCUT2D eigenvalue weighted by Crippen LogP contribution is -2.39. The second-order valence-corrected chi connectivity index (χ2v) is 6.27. The van der Waals surface area contributed by atoms with Gasteiger partial charge in [-0.2, -0.15) is 0 Å². The average molecular weight is 337 g/mol. The summed E-state index contributed by atoms with van der Waals surface area (Å²) < 4.78 is 1.54. The molecule has 1 aromatic carbocycles. The number of hydrogen-bond acceptors (Lipinski definition) is 5. The van der Waals surface area contributed by atoms with E-state index in [0.29, 0.717) is 42.7 Å². The molecule has 6 nitrogen and oxygen atoms in total. The van der Waals surface area contributed by atoms with Gasteiger partial charge in [0.2, 0.25) is 0 Å². The van der Waals surface area contributed by atoms with E-state index in [1.165, 1.54) is 4.57 Å². The normalized spacial score (nSPS) is 15.6. The number of hydrogen-bond donors (Lipinski definition) is 2. The molecule has 0 unspecified atom stereocenters. The van der Waals surface area contributed by atoms with Crippen molar-refractivity contribution in [3.63, 3.8) is 0 Å². The average Bonchev–Trinajstić information content (AvgIpc) is 2.64. The zero-order valence-electron chi connectivity index (χ0n) is 13.7. The van der Waals surface area contributed by atoms with Gasteiger partial charge in [-0.1, -0.05) is 18.2 Å². The van der Waals surface area contributed by atoms with Gasteiger partial charge in [-0.3, -0.25) is 9.36 Å². The highest BCUT2D eigenvalue weighted by Crippen LogP contribution is 2.33. The summed E-state index contributed by atoms with van der Waals surface area (Å²) in [6.45, 7) is 1.06. The van der Waals surface area contributed by atoms with Crippen LogP contribution in [0.25, 0.3) is 16.7 Å². The Hall–Kier alpha value is -2.86. The van der Waals surface area contributed by atoms with Crippen LogP contribution in [0, 0.1) is 0 Å². The van der Waals surface area contributed by atoms with Crippen LogP contribution in [0.3, 0.4) is 0 Å². The molecule has 6 heteroatoms. The van der Waals surface area contributed by atoms with Gasteiger partial charge in [-0.05, 0) is 37.1 Å². The van der Waals surface area contributed by atoms with Gasteiger partial charge in [0.25, 0.3) is 5.56 Å². The molecule has 1 aliphatic rings. The Kier molecular flexibility index (Phi) is 3.89. The molecule has 3 aromatic rings. The molecule has 3 heterocycles. The molecule has 2 N–H and O–H groups in total. The Labute approximate surface area is 144 Å².